The molecular formula is C18H24ClN3O3S. The second-order valence-electron chi connectivity index (χ2n) is 6.43. The quantitative estimate of drug-likeness (QED) is 0.859. The number of carbonyl (C=O) groups is 1. The number of carbonyl (C=O) groups excluding carboxylic acids is 1. The molecule has 2 aromatic rings. The first-order valence-corrected chi connectivity index (χ1v) is 9.82. The summed E-state index contributed by atoms with van der Waals surface area (Å²) in [6.45, 7) is 3.25. The molecule has 0 saturated carbocycles. The molecule has 1 atom stereocenters. The molecule has 1 aromatic carbocycles. The summed E-state index contributed by atoms with van der Waals surface area (Å²) in [4.78, 5) is 14.7. The molecule has 0 spiro atoms. The lowest BCUT2D eigenvalue weighted by Gasteiger charge is -2.32. The van der Waals surface area contributed by atoms with Crippen molar-refractivity contribution in [3.63, 3.8) is 0 Å². The number of likely N-dealkylation sites (N-methyl/N-ethyl adjacent to an activating group) is 1. The van der Waals surface area contributed by atoms with E-state index >= 15 is 0 Å². The Balaban J connectivity index is 0.00000243. The number of nitrogens with zero attached hydrogens (tertiary/aromatic N) is 2. The van der Waals surface area contributed by atoms with Gasteiger partial charge in [0.05, 0.1) is 10.5 Å². The van der Waals surface area contributed by atoms with Crippen molar-refractivity contribution in [2.24, 2.45) is 0 Å². The SMILES string of the molecule is CNC1CCCN(C(=O)c2ccn(S(=O)(=O)c3ccc(C)cc3)c2)C1.Cl. The van der Waals surface area contributed by atoms with Crippen molar-refractivity contribution < 1.29 is 13.2 Å². The predicted molar refractivity (Wildman–Crippen MR) is 103 cm³/mol. The van der Waals surface area contributed by atoms with Gasteiger partial charge >= 0.3 is 0 Å². The van der Waals surface area contributed by atoms with Crippen LogP contribution in [0.1, 0.15) is 28.8 Å². The lowest BCUT2D eigenvalue weighted by atomic mass is 10.1. The number of halogens is 1. The molecule has 0 aliphatic carbocycles. The Hall–Kier alpha value is -1.83. The molecule has 0 radical (unpaired) electrons. The first kappa shape index (κ1) is 20.5. The van der Waals surface area contributed by atoms with Crippen LogP contribution in [0.4, 0.5) is 0 Å². The average molecular weight is 398 g/mol. The maximum Gasteiger partial charge on any atom is 0.267 e. The number of aryl methyl sites for hydroxylation is 1. The minimum absolute atomic E-state index is 0. The van der Waals surface area contributed by atoms with Crippen molar-refractivity contribution in [2.75, 3.05) is 20.1 Å². The summed E-state index contributed by atoms with van der Waals surface area (Å²) in [7, 11) is -1.79. The molecule has 6 nitrogen and oxygen atoms in total. The summed E-state index contributed by atoms with van der Waals surface area (Å²) in [5.41, 5.74) is 1.39. The van der Waals surface area contributed by atoms with Crippen LogP contribution in [-0.4, -0.2) is 49.4 Å². The maximum atomic E-state index is 12.7. The van der Waals surface area contributed by atoms with Crippen molar-refractivity contribution in [2.45, 2.75) is 30.7 Å². The van der Waals surface area contributed by atoms with Gasteiger partial charge < -0.3 is 10.2 Å². The van der Waals surface area contributed by atoms with E-state index in [4.69, 9.17) is 0 Å². The first-order valence-electron chi connectivity index (χ1n) is 8.38. The highest BCUT2D eigenvalue weighted by atomic mass is 35.5. The standard InChI is InChI=1S/C18H23N3O3S.ClH/c1-14-5-7-17(8-6-14)25(23,24)21-11-9-15(12-21)18(22)20-10-3-4-16(13-20)19-2;/h5-9,11-12,16,19H,3-4,10,13H2,1-2H3;1H. The van der Waals surface area contributed by atoms with Gasteiger partial charge in [-0.3, -0.25) is 4.79 Å². The molecule has 1 saturated heterocycles. The smallest absolute Gasteiger partial charge is 0.267 e. The number of piperidine rings is 1. The van der Waals surface area contributed by atoms with Gasteiger partial charge in [0.15, 0.2) is 0 Å². The minimum Gasteiger partial charge on any atom is -0.337 e. The van der Waals surface area contributed by atoms with Crippen LogP contribution in [0, 0.1) is 6.92 Å². The summed E-state index contributed by atoms with van der Waals surface area (Å²) in [5, 5.41) is 3.20. The predicted octanol–water partition coefficient (Wildman–Crippen LogP) is 2.28. The molecule has 3 rings (SSSR count). The number of hydrogen-bond acceptors (Lipinski definition) is 4. The van der Waals surface area contributed by atoms with Crippen molar-refractivity contribution in [3.8, 4) is 0 Å². The molecule has 1 unspecified atom stereocenters. The van der Waals surface area contributed by atoms with Gasteiger partial charge in [0.25, 0.3) is 15.9 Å². The van der Waals surface area contributed by atoms with Gasteiger partial charge in [0, 0.05) is 31.5 Å². The van der Waals surface area contributed by atoms with E-state index in [9.17, 15) is 13.2 Å². The lowest BCUT2D eigenvalue weighted by Crippen LogP contribution is -2.46. The summed E-state index contributed by atoms with van der Waals surface area (Å²) in [6.07, 6.45) is 4.82. The van der Waals surface area contributed by atoms with Crippen LogP contribution in [0.3, 0.4) is 0 Å². The van der Waals surface area contributed by atoms with Gasteiger partial charge in [0.2, 0.25) is 0 Å². The van der Waals surface area contributed by atoms with Gasteiger partial charge in [-0.1, -0.05) is 17.7 Å². The zero-order chi connectivity index (χ0) is 18.0. The van der Waals surface area contributed by atoms with E-state index in [1.807, 2.05) is 14.0 Å². The van der Waals surface area contributed by atoms with E-state index in [1.54, 1.807) is 35.2 Å². The largest absolute Gasteiger partial charge is 0.337 e. The van der Waals surface area contributed by atoms with Crippen LogP contribution in [0.25, 0.3) is 0 Å². The highest BCUT2D eigenvalue weighted by Crippen LogP contribution is 2.18. The number of nitrogens with one attached hydrogen (secondary N) is 1. The highest BCUT2D eigenvalue weighted by Gasteiger charge is 2.25. The molecule has 1 amide bonds. The van der Waals surface area contributed by atoms with Gasteiger partial charge in [-0.2, -0.15) is 0 Å². The van der Waals surface area contributed by atoms with Crippen LogP contribution in [-0.2, 0) is 10.0 Å². The molecule has 1 aliphatic rings. The normalized spacial score (nSPS) is 17.6. The number of rotatable bonds is 4. The molecule has 2 heterocycles. The Kier molecular flexibility index (Phi) is 6.49. The van der Waals surface area contributed by atoms with Crippen molar-refractivity contribution >= 4 is 28.3 Å². The van der Waals surface area contributed by atoms with Crippen LogP contribution < -0.4 is 5.32 Å². The zero-order valence-corrected chi connectivity index (χ0v) is 16.5. The van der Waals surface area contributed by atoms with Crippen molar-refractivity contribution in [3.05, 3.63) is 53.9 Å². The van der Waals surface area contributed by atoms with E-state index < -0.39 is 10.0 Å². The maximum absolute atomic E-state index is 12.7. The first-order chi connectivity index (χ1) is 11.9. The lowest BCUT2D eigenvalue weighted by molar-refractivity contribution is 0.0698. The molecule has 1 N–H and O–H groups in total. The number of benzene rings is 1. The molecule has 26 heavy (non-hydrogen) atoms. The van der Waals surface area contributed by atoms with Crippen LogP contribution in [0.15, 0.2) is 47.6 Å². The number of aromatic nitrogens is 1. The Bertz CT molecular complexity index is 862. The van der Waals surface area contributed by atoms with Gasteiger partial charge in [0.1, 0.15) is 0 Å². The monoisotopic (exact) mass is 397 g/mol. The molecule has 1 aromatic heterocycles. The third-order valence-corrected chi connectivity index (χ3v) is 6.28. The van der Waals surface area contributed by atoms with Gasteiger partial charge in [-0.05, 0) is 45.0 Å². The highest BCUT2D eigenvalue weighted by molar-refractivity contribution is 7.90. The van der Waals surface area contributed by atoms with Gasteiger partial charge in [-0.25, -0.2) is 12.4 Å². The Morgan fingerprint density at radius 3 is 2.54 bits per heavy atom. The van der Waals surface area contributed by atoms with Crippen LogP contribution >= 0.6 is 12.4 Å². The van der Waals surface area contributed by atoms with E-state index in [1.165, 1.54) is 12.4 Å². The third-order valence-electron chi connectivity index (χ3n) is 4.63. The Morgan fingerprint density at radius 1 is 1.19 bits per heavy atom. The summed E-state index contributed by atoms with van der Waals surface area (Å²) in [5.74, 6) is -0.127. The average Bonchev–Trinajstić information content (AvgIpc) is 3.12. The third kappa shape index (κ3) is 4.11. The fourth-order valence-corrected chi connectivity index (χ4v) is 4.26. The topological polar surface area (TPSA) is 71.4 Å². The van der Waals surface area contributed by atoms with Crippen LogP contribution in [0.2, 0.25) is 0 Å². The van der Waals surface area contributed by atoms with Crippen LogP contribution in [0.5, 0.6) is 0 Å². The number of amides is 1. The van der Waals surface area contributed by atoms with Crippen molar-refractivity contribution in [1.29, 1.82) is 0 Å². The molecule has 1 fully saturated rings. The summed E-state index contributed by atoms with van der Waals surface area (Å²) in [6, 6.07) is 8.53. The summed E-state index contributed by atoms with van der Waals surface area (Å²) >= 11 is 0. The molecule has 1 aliphatic heterocycles. The second-order valence-corrected chi connectivity index (χ2v) is 8.27. The van der Waals surface area contributed by atoms with E-state index in [0.29, 0.717) is 18.7 Å². The molecular weight excluding hydrogens is 374 g/mol. The van der Waals surface area contributed by atoms with Crippen molar-refractivity contribution in [1.82, 2.24) is 14.2 Å². The fraction of sp³-hybridized carbons (Fsp3) is 0.389. The fourth-order valence-electron chi connectivity index (χ4n) is 3.06. The summed E-state index contributed by atoms with van der Waals surface area (Å²) < 4.78 is 26.5. The molecule has 0 bridgehead atoms. The molecule has 8 heteroatoms. The van der Waals surface area contributed by atoms with Gasteiger partial charge in [-0.15, -0.1) is 12.4 Å². The van der Waals surface area contributed by atoms with E-state index in [2.05, 4.69) is 5.32 Å². The Labute approximate surface area is 160 Å². The zero-order valence-electron chi connectivity index (χ0n) is 14.9. The Morgan fingerprint density at radius 2 is 1.88 bits per heavy atom. The molecule has 142 valence electrons. The number of likely N-dealkylation sites (tertiary alicyclic amines) is 1. The van der Waals surface area contributed by atoms with E-state index in [-0.39, 0.29) is 29.3 Å². The second kappa shape index (κ2) is 8.24. The number of hydrogen-bond donors (Lipinski definition) is 1. The minimum atomic E-state index is -3.68. The van der Waals surface area contributed by atoms with E-state index in [0.717, 1.165) is 22.4 Å².